The van der Waals surface area contributed by atoms with Crippen LogP contribution in [0.25, 0.3) is 0 Å². The topological polar surface area (TPSA) is 67.8 Å². The number of aliphatic hydroxyl groups is 1. The number of hydrogen-bond acceptors (Lipinski definition) is 5. The lowest BCUT2D eigenvalue weighted by atomic mass is 9.83. The van der Waals surface area contributed by atoms with Crippen LogP contribution in [-0.2, 0) is 4.65 Å². The van der Waals surface area contributed by atoms with Crippen molar-refractivity contribution >= 4 is 25.5 Å². The molecule has 0 amide bonds. The van der Waals surface area contributed by atoms with Crippen molar-refractivity contribution in [1.82, 2.24) is 0 Å². The second-order valence-electron chi connectivity index (χ2n) is 5.77. The minimum absolute atomic E-state index is 0.385. The minimum Gasteiger partial charge on any atom is -0.427 e. The average molecular weight is 283 g/mol. The van der Waals surface area contributed by atoms with E-state index in [4.69, 9.17) is 10.4 Å². The Morgan fingerprint density at radius 3 is 2.63 bits per heavy atom. The molecule has 0 saturated carbocycles. The third kappa shape index (κ3) is 5.20. The molecule has 0 aromatic carbocycles. The molecule has 1 unspecified atom stereocenters. The highest BCUT2D eigenvalue weighted by Crippen LogP contribution is 2.25. The zero-order valence-electron chi connectivity index (χ0n) is 12.2. The van der Waals surface area contributed by atoms with Crippen molar-refractivity contribution < 1.29 is 9.76 Å². The van der Waals surface area contributed by atoms with Crippen LogP contribution in [0.3, 0.4) is 0 Å². The van der Waals surface area contributed by atoms with Crippen molar-refractivity contribution in [2.45, 2.75) is 51.4 Å². The number of aliphatic imine (C=N–C) groups is 1. The van der Waals surface area contributed by atoms with Crippen molar-refractivity contribution in [2.75, 3.05) is 11.5 Å². The fourth-order valence-electron chi connectivity index (χ4n) is 1.30. The van der Waals surface area contributed by atoms with Gasteiger partial charge in [-0.2, -0.15) is 11.8 Å². The van der Waals surface area contributed by atoms with E-state index >= 15 is 0 Å². The van der Waals surface area contributed by atoms with Crippen molar-refractivity contribution in [3.05, 3.63) is 11.7 Å². The van der Waals surface area contributed by atoms with Crippen LogP contribution >= 0.6 is 11.8 Å². The molecule has 1 radical (unpaired) electrons. The van der Waals surface area contributed by atoms with E-state index in [1.165, 1.54) is 12.0 Å². The summed E-state index contributed by atoms with van der Waals surface area (Å²) in [5, 5.41) is 10.0. The molecule has 1 saturated heterocycles. The van der Waals surface area contributed by atoms with Gasteiger partial charge in [0.15, 0.2) is 0 Å². The average Bonchev–Trinajstić information content (AvgIpc) is 2.80. The first-order valence-corrected chi connectivity index (χ1v) is 7.68. The molecular weight excluding hydrogens is 259 g/mol. The van der Waals surface area contributed by atoms with Crippen molar-refractivity contribution in [2.24, 2.45) is 10.7 Å². The van der Waals surface area contributed by atoms with E-state index in [0.717, 1.165) is 12.2 Å². The van der Waals surface area contributed by atoms with Gasteiger partial charge in [0.1, 0.15) is 0 Å². The Kier molecular flexibility index (Phi) is 5.95. The molecule has 0 aromatic heterocycles. The molecule has 1 aliphatic heterocycles. The van der Waals surface area contributed by atoms with Crippen LogP contribution in [0.2, 0.25) is 0 Å². The fraction of sp³-hybridized carbons (Fsp3) is 0.769. The van der Waals surface area contributed by atoms with E-state index < -0.39 is 11.2 Å². The van der Waals surface area contributed by atoms with Gasteiger partial charge in [0.25, 0.3) is 0 Å². The molecule has 0 spiro atoms. The Morgan fingerprint density at radius 1 is 1.47 bits per heavy atom. The van der Waals surface area contributed by atoms with Gasteiger partial charge in [-0.25, -0.2) is 0 Å². The van der Waals surface area contributed by atoms with Crippen LogP contribution in [0.5, 0.6) is 0 Å². The van der Waals surface area contributed by atoms with Crippen molar-refractivity contribution in [3.63, 3.8) is 0 Å². The summed E-state index contributed by atoms with van der Waals surface area (Å²) in [6.45, 7) is 7.11. The van der Waals surface area contributed by atoms with Gasteiger partial charge in [-0.15, -0.1) is 0 Å². The van der Waals surface area contributed by atoms with Crippen molar-refractivity contribution in [1.29, 1.82) is 0 Å². The maximum absolute atomic E-state index is 10.0. The van der Waals surface area contributed by atoms with E-state index in [9.17, 15) is 5.11 Å². The summed E-state index contributed by atoms with van der Waals surface area (Å²) in [6.07, 6.45) is 4.33. The first-order chi connectivity index (χ1) is 8.76. The van der Waals surface area contributed by atoms with Crippen LogP contribution in [0.1, 0.15) is 34.1 Å². The van der Waals surface area contributed by atoms with Gasteiger partial charge in [-0.1, -0.05) is 0 Å². The molecule has 1 heterocycles. The second kappa shape index (κ2) is 6.82. The van der Waals surface area contributed by atoms with Gasteiger partial charge in [-0.05, 0) is 51.5 Å². The lowest BCUT2D eigenvalue weighted by Crippen LogP contribution is -2.48. The molecule has 1 rings (SSSR count). The molecule has 3 N–H and O–H groups in total. The second-order valence-corrected chi connectivity index (χ2v) is 6.92. The third-order valence-corrected chi connectivity index (χ3v) is 4.64. The van der Waals surface area contributed by atoms with Gasteiger partial charge >= 0.3 is 7.48 Å². The zero-order valence-corrected chi connectivity index (χ0v) is 13.0. The van der Waals surface area contributed by atoms with Crippen LogP contribution in [-0.4, -0.2) is 47.6 Å². The highest BCUT2D eigenvalue weighted by molar-refractivity contribution is 7.99. The van der Waals surface area contributed by atoms with E-state index in [-0.39, 0.29) is 0 Å². The lowest BCUT2D eigenvalue weighted by Gasteiger charge is -2.37. The molecule has 107 valence electrons. The predicted molar refractivity (Wildman–Crippen MR) is 83.7 cm³/mol. The molecule has 1 atom stereocenters. The summed E-state index contributed by atoms with van der Waals surface area (Å²) in [5.41, 5.74) is 4.64. The molecule has 0 aromatic rings. The van der Waals surface area contributed by atoms with Crippen LogP contribution in [0.15, 0.2) is 16.7 Å². The van der Waals surface area contributed by atoms with Crippen LogP contribution < -0.4 is 5.73 Å². The molecule has 1 aliphatic rings. The number of nitrogens with zero attached hydrogens (tertiary/aromatic N) is 1. The number of hydrogen-bond donors (Lipinski definition) is 2. The normalized spacial score (nSPS) is 22.2. The Morgan fingerprint density at radius 2 is 2.16 bits per heavy atom. The maximum atomic E-state index is 10.0. The molecule has 0 bridgehead atoms. The number of thioether (sulfide) groups is 1. The Hall–Kier alpha value is -0.455. The Balaban J connectivity index is 2.49. The van der Waals surface area contributed by atoms with Crippen LogP contribution in [0, 0.1) is 0 Å². The van der Waals surface area contributed by atoms with Gasteiger partial charge in [0.05, 0.1) is 17.2 Å². The van der Waals surface area contributed by atoms with Gasteiger partial charge in [0, 0.05) is 12.0 Å². The molecule has 1 fully saturated rings. The number of rotatable bonds is 6. The summed E-state index contributed by atoms with van der Waals surface area (Å²) in [4.78, 5) is 4.49. The summed E-state index contributed by atoms with van der Waals surface area (Å²) in [5.74, 6) is 2.25. The minimum atomic E-state index is -0.942. The van der Waals surface area contributed by atoms with Crippen LogP contribution in [0.4, 0.5) is 0 Å². The van der Waals surface area contributed by atoms with Gasteiger partial charge in [-0.3, -0.25) is 4.99 Å². The molecule has 0 aliphatic carbocycles. The highest BCUT2D eigenvalue weighted by Gasteiger charge is 2.35. The van der Waals surface area contributed by atoms with E-state index in [1.54, 1.807) is 27.5 Å². The first kappa shape index (κ1) is 16.6. The Bertz CT molecular complexity index is 345. The largest absolute Gasteiger partial charge is 0.427 e. The molecular formula is C13H24BN2O2S. The molecule has 4 nitrogen and oxygen atoms in total. The first-order valence-electron chi connectivity index (χ1n) is 6.52. The third-order valence-electron chi connectivity index (χ3n) is 3.50. The summed E-state index contributed by atoms with van der Waals surface area (Å²) >= 11 is 1.92. The summed E-state index contributed by atoms with van der Waals surface area (Å²) < 4.78 is 5.64. The predicted octanol–water partition coefficient (Wildman–Crippen LogP) is 1.55. The maximum Gasteiger partial charge on any atom is 0.333 e. The highest BCUT2D eigenvalue weighted by atomic mass is 32.2. The standard InChI is InChI=1S/C13H24BN2O2S/c1-12(2,17)13(3,4)18-14-10(7-15)8-16-11-5-6-19-9-11/h7-8,11,17H,5-6,9,15H2,1-4H3. The van der Waals surface area contributed by atoms with Gasteiger partial charge < -0.3 is 15.5 Å². The van der Waals surface area contributed by atoms with Gasteiger partial charge in [0.2, 0.25) is 0 Å². The smallest absolute Gasteiger partial charge is 0.333 e. The SMILES string of the molecule is CC(C)(O)C(C)(C)O[B]C(C=NC1CCSC1)=CN. The number of allylic oxidation sites excluding steroid dienone is 1. The summed E-state index contributed by atoms with van der Waals surface area (Å²) in [6, 6.07) is 0.385. The quantitative estimate of drug-likeness (QED) is 0.573. The number of nitrogens with two attached hydrogens (primary N) is 1. The van der Waals surface area contributed by atoms with E-state index in [0.29, 0.717) is 11.5 Å². The Labute approximate surface area is 121 Å². The fourth-order valence-corrected chi connectivity index (χ4v) is 2.43. The van der Waals surface area contributed by atoms with E-state index in [1.807, 2.05) is 25.6 Å². The monoisotopic (exact) mass is 283 g/mol. The molecule has 19 heavy (non-hydrogen) atoms. The molecule has 6 heteroatoms. The van der Waals surface area contributed by atoms with E-state index in [2.05, 4.69) is 4.99 Å². The zero-order chi connectivity index (χ0) is 14.5. The summed E-state index contributed by atoms with van der Waals surface area (Å²) in [7, 11) is 1.56. The lowest BCUT2D eigenvalue weighted by molar-refractivity contribution is -0.0895. The van der Waals surface area contributed by atoms with Crippen molar-refractivity contribution in [3.8, 4) is 0 Å².